The van der Waals surface area contributed by atoms with E-state index in [2.05, 4.69) is 20.4 Å². The molecule has 0 spiro atoms. The van der Waals surface area contributed by atoms with Crippen LogP contribution in [0.25, 0.3) is 0 Å². The van der Waals surface area contributed by atoms with Crippen molar-refractivity contribution in [2.24, 2.45) is 5.92 Å². The molecule has 1 N–H and O–H groups in total. The highest BCUT2D eigenvalue weighted by Gasteiger charge is 2.09. The van der Waals surface area contributed by atoms with Crippen molar-refractivity contribution in [2.45, 2.75) is 26.4 Å². The molecule has 4 nitrogen and oxygen atoms in total. The van der Waals surface area contributed by atoms with Crippen LogP contribution < -0.4 is 0 Å². The molecule has 0 radical (unpaired) electrons. The van der Waals surface area contributed by atoms with Gasteiger partial charge >= 0.3 is 5.97 Å². The molecule has 0 aromatic carbocycles. The number of aliphatic hydroxyl groups excluding tert-OH is 1. The standard InChI is InChI=1S/C11H20O4/c1-4-11(13)15-6-5-14-10(8-12)7-9(2)3/h4,9-10,12H,1,5-8H2,2-3H3. The van der Waals surface area contributed by atoms with Gasteiger partial charge in [-0.25, -0.2) is 4.79 Å². The Morgan fingerprint density at radius 1 is 1.47 bits per heavy atom. The van der Waals surface area contributed by atoms with Gasteiger partial charge in [0, 0.05) is 6.08 Å². The second-order valence-electron chi connectivity index (χ2n) is 3.68. The van der Waals surface area contributed by atoms with E-state index in [1.807, 2.05) is 0 Å². The first-order chi connectivity index (χ1) is 7.10. The highest BCUT2D eigenvalue weighted by Crippen LogP contribution is 2.07. The molecule has 0 aliphatic rings. The second-order valence-corrected chi connectivity index (χ2v) is 3.68. The molecular weight excluding hydrogens is 196 g/mol. The van der Waals surface area contributed by atoms with Crippen LogP contribution in [-0.2, 0) is 14.3 Å². The van der Waals surface area contributed by atoms with Crippen LogP contribution >= 0.6 is 0 Å². The summed E-state index contributed by atoms with van der Waals surface area (Å²) in [6.07, 6.45) is 1.73. The summed E-state index contributed by atoms with van der Waals surface area (Å²) in [5, 5.41) is 8.98. The van der Waals surface area contributed by atoms with Crippen LogP contribution in [0.15, 0.2) is 12.7 Å². The molecule has 0 bridgehead atoms. The molecule has 0 saturated heterocycles. The van der Waals surface area contributed by atoms with E-state index in [-0.39, 0.29) is 19.3 Å². The molecular formula is C11H20O4. The molecule has 0 rings (SSSR count). The van der Waals surface area contributed by atoms with E-state index < -0.39 is 5.97 Å². The van der Waals surface area contributed by atoms with Gasteiger partial charge < -0.3 is 14.6 Å². The molecule has 0 fully saturated rings. The van der Waals surface area contributed by atoms with Crippen LogP contribution in [0.4, 0.5) is 0 Å². The van der Waals surface area contributed by atoms with E-state index in [0.29, 0.717) is 12.5 Å². The van der Waals surface area contributed by atoms with Gasteiger partial charge in [0.25, 0.3) is 0 Å². The van der Waals surface area contributed by atoms with E-state index >= 15 is 0 Å². The van der Waals surface area contributed by atoms with Gasteiger partial charge in [-0.3, -0.25) is 0 Å². The Bertz CT molecular complexity index is 189. The zero-order chi connectivity index (χ0) is 11.7. The van der Waals surface area contributed by atoms with Gasteiger partial charge in [-0.2, -0.15) is 0 Å². The molecule has 0 saturated carbocycles. The first kappa shape index (κ1) is 14.1. The molecule has 0 heterocycles. The number of carbonyl (C=O) groups is 1. The molecule has 4 heteroatoms. The summed E-state index contributed by atoms with van der Waals surface area (Å²) in [7, 11) is 0. The summed E-state index contributed by atoms with van der Waals surface area (Å²) >= 11 is 0. The lowest BCUT2D eigenvalue weighted by Gasteiger charge is -2.17. The van der Waals surface area contributed by atoms with Crippen LogP contribution in [0.1, 0.15) is 20.3 Å². The Labute approximate surface area is 90.9 Å². The summed E-state index contributed by atoms with van der Waals surface area (Å²) in [4.78, 5) is 10.7. The number of hydrogen-bond donors (Lipinski definition) is 1. The fourth-order valence-electron chi connectivity index (χ4n) is 1.14. The molecule has 0 amide bonds. The van der Waals surface area contributed by atoms with Crippen molar-refractivity contribution >= 4 is 5.97 Å². The normalized spacial score (nSPS) is 12.5. The second kappa shape index (κ2) is 8.44. The van der Waals surface area contributed by atoms with E-state index in [4.69, 9.17) is 14.6 Å². The van der Waals surface area contributed by atoms with Crippen molar-refractivity contribution in [3.05, 3.63) is 12.7 Å². The minimum atomic E-state index is -0.456. The number of carbonyl (C=O) groups excluding carboxylic acids is 1. The zero-order valence-corrected chi connectivity index (χ0v) is 9.44. The summed E-state index contributed by atoms with van der Waals surface area (Å²) in [5.74, 6) is 0.0147. The molecule has 15 heavy (non-hydrogen) atoms. The van der Waals surface area contributed by atoms with Crippen LogP contribution in [0.2, 0.25) is 0 Å². The third-order valence-corrected chi connectivity index (χ3v) is 1.79. The fraction of sp³-hybridized carbons (Fsp3) is 0.727. The van der Waals surface area contributed by atoms with Gasteiger partial charge in [-0.1, -0.05) is 20.4 Å². The van der Waals surface area contributed by atoms with Crippen molar-refractivity contribution in [2.75, 3.05) is 19.8 Å². The number of rotatable bonds is 8. The Hall–Kier alpha value is -0.870. The molecule has 0 aromatic rings. The smallest absolute Gasteiger partial charge is 0.330 e. The number of aliphatic hydroxyl groups is 1. The van der Waals surface area contributed by atoms with Crippen LogP contribution in [0, 0.1) is 5.92 Å². The van der Waals surface area contributed by atoms with Gasteiger partial charge in [-0.05, 0) is 12.3 Å². The summed E-state index contributed by atoms with van der Waals surface area (Å²) in [6, 6.07) is 0. The molecule has 0 aliphatic heterocycles. The topological polar surface area (TPSA) is 55.8 Å². The Kier molecular flexibility index (Phi) is 7.95. The lowest BCUT2D eigenvalue weighted by atomic mass is 10.1. The SMILES string of the molecule is C=CC(=O)OCCOC(CO)CC(C)C. The summed E-state index contributed by atoms with van der Waals surface area (Å²) in [5.41, 5.74) is 0. The number of hydrogen-bond acceptors (Lipinski definition) is 4. The van der Waals surface area contributed by atoms with Crippen LogP contribution in [0.5, 0.6) is 0 Å². The Morgan fingerprint density at radius 3 is 2.60 bits per heavy atom. The fourth-order valence-corrected chi connectivity index (χ4v) is 1.14. The summed E-state index contributed by atoms with van der Waals surface area (Å²) in [6.45, 7) is 7.88. The molecule has 1 unspecified atom stereocenters. The van der Waals surface area contributed by atoms with Crippen molar-refractivity contribution in [3.8, 4) is 0 Å². The van der Waals surface area contributed by atoms with Gasteiger partial charge in [0.15, 0.2) is 0 Å². The molecule has 88 valence electrons. The quantitative estimate of drug-likeness (QED) is 0.375. The summed E-state index contributed by atoms with van der Waals surface area (Å²) < 4.78 is 10.1. The maximum absolute atomic E-state index is 10.7. The monoisotopic (exact) mass is 216 g/mol. The average molecular weight is 216 g/mol. The lowest BCUT2D eigenvalue weighted by molar-refractivity contribution is -0.140. The van der Waals surface area contributed by atoms with Gasteiger partial charge in [0.05, 0.1) is 19.3 Å². The van der Waals surface area contributed by atoms with E-state index in [9.17, 15) is 4.79 Å². The zero-order valence-electron chi connectivity index (χ0n) is 9.44. The van der Waals surface area contributed by atoms with Gasteiger partial charge in [0.2, 0.25) is 0 Å². The highest BCUT2D eigenvalue weighted by atomic mass is 16.6. The Morgan fingerprint density at radius 2 is 2.13 bits per heavy atom. The molecule has 0 aromatic heterocycles. The number of esters is 1. The largest absolute Gasteiger partial charge is 0.460 e. The van der Waals surface area contributed by atoms with Crippen LogP contribution in [-0.4, -0.2) is 37.0 Å². The third kappa shape index (κ3) is 8.15. The van der Waals surface area contributed by atoms with Gasteiger partial charge in [0.1, 0.15) is 6.61 Å². The predicted molar refractivity (Wildman–Crippen MR) is 57.4 cm³/mol. The minimum Gasteiger partial charge on any atom is -0.460 e. The molecule has 1 atom stereocenters. The first-order valence-corrected chi connectivity index (χ1v) is 5.11. The van der Waals surface area contributed by atoms with Crippen molar-refractivity contribution in [1.82, 2.24) is 0 Å². The van der Waals surface area contributed by atoms with E-state index in [1.165, 1.54) is 0 Å². The van der Waals surface area contributed by atoms with E-state index in [1.54, 1.807) is 0 Å². The van der Waals surface area contributed by atoms with Crippen molar-refractivity contribution in [3.63, 3.8) is 0 Å². The third-order valence-electron chi connectivity index (χ3n) is 1.79. The van der Waals surface area contributed by atoms with Gasteiger partial charge in [-0.15, -0.1) is 0 Å². The van der Waals surface area contributed by atoms with E-state index in [0.717, 1.165) is 12.5 Å². The van der Waals surface area contributed by atoms with Crippen molar-refractivity contribution in [1.29, 1.82) is 0 Å². The predicted octanol–water partition coefficient (Wildman–Crippen LogP) is 1.14. The molecule has 0 aliphatic carbocycles. The maximum atomic E-state index is 10.7. The lowest BCUT2D eigenvalue weighted by Crippen LogP contribution is -2.22. The number of ether oxygens (including phenoxy) is 2. The average Bonchev–Trinajstić information content (AvgIpc) is 2.21. The maximum Gasteiger partial charge on any atom is 0.330 e. The van der Waals surface area contributed by atoms with Crippen LogP contribution in [0.3, 0.4) is 0 Å². The highest BCUT2D eigenvalue weighted by molar-refractivity contribution is 5.81. The first-order valence-electron chi connectivity index (χ1n) is 5.11. The minimum absolute atomic E-state index is 0.00636. The Balaban J connectivity index is 3.54. The van der Waals surface area contributed by atoms with Crippen molar-refractivity contribution < 1.29 is 19.4 Å².